The zero-order valence-electron chi connectivity index (χ0n) is 16.9. The number of guanidine groups is 1. The van der Waals surface area contributed by atoms with Crippen LogP contribution in [-0.2, 0) is 4.74 Å². The molecule has 0 amide bonds. The summed E-state index contributed by atoms with van der Waals surface area (Å²) in [6.45, 7) is 11.7. The molecule has 1 aromatic rings. The maximum absolute atomic E-state index is 13.4. The summed E-state index contributed by atoms with van der Waals surface area (Å²) in [6, 6.07) is 6.89. The summed E-state index contributed by atoms with van der Waals surface area (Å²) in [4.78, 5) is 9.44. The van der Waals surface area contributed by atoms with Crippen molar-refractivity contribution in [2.75, 3.05) is 66.1 Å². The first-order chi connectivity index (χ1) is 13.1. The third-order valence-electron chi connectivity index (χ3n) is 4.83. The fraction of sp³-hybridized carbons (Fsp3) is 0.650. The Morgan fingerprint density at radius 1 is 1.22 bits per heavy atom. The van der Waals surface area contributed by atoms with Crippen molar-refractivity contribution in [2.24, 2.45) is 4.99 Å². The topological polar surface area (TPSA) is 52.1 Å². The molecule has 0 aliphatic carbocycles. The van der Waals surface area contributed by atoms with Gasteiger partial charge in [0.1, 0.15) is 5.82 Å². The number of morpholine rings is 1. The first kappa shape index (κ1) is 21.6. The van der Waals surface area contributed by atoms with Gasteiger partial charge in [-0.3, -0.25) is 9.89 Å². The Bertz CT molecular complexity index is 560. The predicted molar refractivity (Wildman–Crippen MR) is 109 cm³/mol. The Morgan fingerprint density at radius 2 is 1.93 bits per heavy atom. The molecule has 1 heterocycles. The van der Waals surface area contributed by atoms with Gasteiger partial charge >= 0.3 is 0 Å². The van der Waals surface area contributed by atoms with E-state index >= 15 is 0 Å². The van der Waals surface area contributed by atoms with Crippen molar-refractivity contribution >= 4 is 5.96 Å². The molecule has 0 saturated carbocycles. The van der Waals surface area contributed by atoms with E-state index in [0.29, 0.717) is 6.54 Å². The molecule has 1 aromatic carbocycles. The molecule has 1 fully saturated rings. The molecule has 1 unspecified atom stereocenters. The molecular formula is C20H34FN5O. The minimum absolute atomic E-state index is 0.114. The standard InChI is InChI=1S/C20H34FN5O/c1-4-22-20(23-10-11-25(3)5-2)24-16-19(26-12-14-27-15-13-26)17-6-8-18(21)9-7-17/h6-9,19H,4-5,10-16H2,1-3H3,(H2,22,23,24). The number of benzene rings is 1. The summed E-state index contributed by atoms with van der Waals surface area (Å²) in [5.41, 5.74) is 1.09. The Balaban J connectivity index is 2.06. The van der Waals surface area contributed by atoms with E-state index in [1.165, 1.54) is 12.1 Å². The van der Waals surface area contributed by atoms with Crippen molar-refractivity contribution in [1.82, 2.24) is 20.4 Å². The van der Waals surface area contributed by atoms with Gasteiger partial charge in [0.15, 0.2) is 5.96 Å². The lowest BCUT2D eigenvalue weighted by molar-refractivity contribution is 0.0179. The Labute approximate surface area is 162 Å². The molecule has 152 valence electrons. The summed E-state index contributed by atoms with van der Waals surface area (Å²) in [5.74, 6) is 0.611. The van der Waals surface area contributed by atoms with E-state index in [4.69, 9.17) is 9.73 Å². The van der Waals surface area contributed by atoms with Crippen LogP contribution in [0.15, 0.2) is 29.3 Å². The molecule has 2 rings (SSSR count). The molecule has 0 radical (unpaired) electrons. The summed E-state index contributed by atoms with van der Waals surface area (Å²) in [5, 5.41) is 6.71. The molecule has 0 aromatic heterocycles. The molecule has 7 heteroatoms. The van der Waals surface area contributed by atoms with Gasteiger partial charge in [-0.15, -0.1) is 0 Å². The van der Waals surface area contributed by atoms with Crippen LogP contribution in [-0.4, -0.2) is 81.8 Å². The van der Waals surface area contributed by atoms with Crippen molar-refractivity contribution in [2.45, 2.75) is 19.9 Å². The first-order valence-corrected chi connectivity index (χ1v) is 9.92. The number of rotatable bonds is 9. The van der Waals surface area contributed by atoms with Gasteiger partial charge in [-0.05, 0) is 38.2 Å². The minimum Gasteiger partial charge on any atom is -0.379 e. The SMILES string of the molecule is CCNC(=NCC(c1ccc(F)cc1)N1CCOCC1)NCCN(C)CC. The van der Waals surface area contributed by atoms with Crippen molar-refractivity contribution in [1.29, 1.82) is 0 Å². The van der Waals surface area contributed by atoms with Gasteiger partial charge in [0, 0.05) is 32.7 Å². The second-order valence-corrected chi connectivity index (χ2v) is 6.76. The average molecular weight is 380 g/mol. The second kappa shape index (κ2) is 11.9. The fourth-order valence-corrected chi connectivity index (χ4v) is 3.05. The molecule has 0 spiro atoms. The van der Waals surface area contributed by atoms with Crippen molar-refractivity contribution in [3.63, 3.8) is 0 Å². The van der Waals surface area contributed by atoms with Gasteiger partial charge in [0.05, 0.1) is 25.8 Å². The maximum atomic E-state index is 13.4. The molecule has 1 saturated heterocycles. The molecule has 6 nitrogen and oxygen atoms in total. The molecular weight excluding hydrogens is 345 g/mol. The zero-order chi connectivity index (χ0) is 19.5. The lowest BCUT2D eigenvalue weighted by Crippen LogP contribution is -2.43. The molecule has 27 heavy (non-hydrogen) atoms. The summed E-state index contributed by atoms with van der Waals surface area (Å²) in [6.07, 6.45) is 0. The fourth-order valence-electron chi connectivity index (χ4n) is 3.05. The number of nitrogens with zero attached hydrogens (tertiary/aromatic N) is 3. The van der Waals surface area contributed by atoms with E-state index in [-0.39, 0.29) is 11.9 Å². The predicted octanol–water partition coefficient (Wildman–Crippen LogP) is 1.71. The number of nitrogens with one attached hydrogen (secondary N) is 2. The number of hydrogen-bond donors (Lipinski definition) is 2. The van der Waals surface area contributed by atoms with E-state index in [0.717, 1.165) is 64.0 Å². The monoisotopic (exact) mass is 379 g/mol. The lowest BCUT2D eigenvalue weighted by Gasteiger charge is -2.34. The largest absolute Gasteiger partial charge is 0.379 e. The molecule has 0 bridgehead atoms. The van der Waals surface area contributed by atoms with Crippen LogP contribution in [0.3, 0.4) is 0 Å². The highest BCUT2D eigenvalue weighted by Crippen LogP contribution is 2.22. The van der Waals surface area contributed by atoms with Gasteiger partial charge in [-0.2, -0.15) is 0 Å². The van der Waals surface area contributed by atoms with Crippen molar-refractivity contribution in [3.8, 4) is 0 Å². The summed E-state index contributed by atoms with van der Waals surface area (Å²) >= 11 is 0. The zero-order valence-corrected chi connectivity index (χ0v) is 16.9. The average Bonchev–Trinajstić information content (AvgIpc) is 2.70. The van der Waals surface area contributed by atoms with Crippen LogP contribution in [0.25, 0.3) is 0 Å². The highest BCUT2D eigenvalue weighted by molar-refractivity contribution is 5.79. The van der Waals surface area contributed by atoms with E-state index < -0.39 is 0 Å². The lowest BCUT2D eigenvalue weighted by atomic mass is 10.0. The Hall–Kier alpha value is -1.70. The van der Waals surface area contributed by atoms with E-state index in [2.05, 4.69) is 41.3 Å². The molecule has 1 aliphatic heterocycles. The van der Waals surface area contributed by atoms with Gasteiger partial charge in [0.25, 0.3) is 0 Å². The maximum Gasteiger partial charge on any atom is 0.191 e. The highest BCUT2D eigenvalue weighted by atomic mass is 19.1. The van der Waals surface area contributed by atoms with Gasteiger partial charge < -0.3 is 20.3 Å². The minimum atomic E-state index is -0.210. The highest BCUT2D eigenvalue weighted by Gasteiger charge is 2.22. The number of ether oxygens (including phenoxy) is 1. The van der Waals surface area contributed by atoms with E-state index in [1.54, 1.807) is 0 Å². The van der Waals surface area contributed by atoms with Gasteiger partial charge in [-0.25, -0.2) is 4.39 Å². The molecule has 2 N–H and O–H groups in total. The van der Waals surface area contributed by atoms with Crippen molar-refractivity contribution < 1.29 is 9.13 Å². The molecule has 1 aliphatic rings. The third-order valence-corrected chi connectivity index (χ3v) is 4.83. The van der Waals surface area contributed by atoms with Crippen LogP contribution in [0.4, 0.5) is 4.39 Å². The number of halogens is 1. The van der Waals surface area contributed by atoms with Crippen LogP contribution >= 0.6 is 0 Å². The van der Waals surface area contributed by atoms with Crippen molar-refractivity contribution in [3.05, 3.63) is 35.6 Å². The van der Waals surface area contributed by atoms with Crippen LogP contribution in [0.1, 0.15) is 25.5 Å². The quantitative estimate of drug-likeness (QED) is 0.505. The summed E-state index contributed by atoms with van der Waals surface area (Å²) in [7, 11) is 2.11. The van der Waals surface area contributed by atoms with Crippen LogP contribution < -0.4 is 10.6 Å². The van der Waals surface area contributed by atoms with Crippen LogP contribution in [0, 0.1) is 5.82 Å². The Morgan fingerprint density at radius 3 is 2.56 bits per heavy atom. The van der Waals surface area contributed by atoms with E-state index in [9.17, 15) is 4.39 Å². The van der Waals surface area contributed by atoms with E-state index in [1.807, 2.05) is 12.1 Å². The second-order valence-electron chi connectivity index (χ2n) is 6.76. The Kier molecular flexibility index (Phi) is 9.52. The smallest absolute Gasteiger partial charge is 0.191 e. The first-order valence-electron chi connectivity index (χ1n) is 9.92. The van der Waals surface area contributed by atoms with Crippen LogP contribution in [0.5, 0.6) is 0 Å². The third kappa shape index (κ3) is 7.44. The van der Waals surface area contributed by atoms with Gasteiger partial charge in [0.2, 0.25) is 0 Å². The molecule has 1 atom stereocenters. The van der Waals surface area contributed by atoms with Gasteiger partial charge in [-0.1, -0.05) is 19.1 Å². The number of likely N-dealkylation sites (N-methyl/N-ethyl adjacent to an activating group) is 1. The number of aliphatic imine (C=N–C) groups is 1. The number of hydrogen-bond acceptors (Lipinski definition) is 4. The van der Waals surface area contributed by atoms with Crippen LogP contribution in [0.2, 0.25) is 0 Å². The normalized spacial score (nSPS) is 17.1. The summed E-state index contributed by atoms with van der Waals surface area (Å²) < 4.78 is 18.8.